The molecule has 0 N–H and O–H groups in total. The largest absolute Gasteiger partial charge is 0.247 e. The zero-order valence-corrected chi connectivity index (χ0v) is 27.3. The first-order valence-electron chi connectivity index (χ1n) is 16.9. The third-order valence-corrected chi connectivity index (χ3v) is 10.5. The van der Waals surface area contributed by atoms with Gasteiger partial charge in [-0.1, -0.05) is 147 Å². The van der Waals surface area contributed by atoms with Gasteiger partial charge in [0.15, 0.2) is 5.82 Å². The van der Waals surface area contributed by atoms with E-state index in [1.807, 2.05) is 30.5 Å². The number of aromatic nitrogens is 3. The van der Waals surface area contributed by atoms with Crippen molar-refractivity contribution < 1.29 is 0 Å². The van der Waals surface area contributed by atoms with Crippen molar-refractivity contribution in [3.63, 3.8) is 0 Å². The van der Waals surface area contributed by atoms with Gasteiger partial charge in [-0.2, -0.15) is 0 Å². The number of hydrogen-bond donors (Lipinski definition) is 0. The Labute approximate surface area is 284 Å². The van der Waals surface area contributed by atoms with Gasteiger partial charge < -0.3 is 0 Å². The van der Waals surface area contributed by atoms with Crippen LogP contribution >= 0.6 is 0 Å². The Morgan fingerprint density at radius 2 is 1.10 bits per heavy atom. The molecule has 0 unspecified atom stereocenters. The highest BCUT2D eigenvalue weighted by molar-refractivity contribution is 6.27. The lowest BCUT2D eigenvalue weighted by atomic mass is 9.76. The van der Waals surface area contributed by atoms with Gasteiger partial charge in [-0.05, 0) is 66.7 Å². The summed E-state index contributed by atoms with van der Waals surface area (Å²) in [5.41, 5.74) is 11.2. The van der Waals surface area contributed by atoms with Gasteiger partial charge in [0, 0.05) is 33.7 Å². The number of fused-ring (bicyclic) bond motifs is 8. The average molecular weight is 626 g/mol. The SMILES string of the molecule is CC1(C)c2ccccc2-c2nc3ccc4ccccc4c3c(-c3c4ccccc4c(-c4ccnc(-c5ccccc5)n4)c4ccccc34)c21. The van der Waals surface area contributed by atoms with Crippen molar-refractivity contribution in [2.24, 2.45) is 0 Å². The van der Waals surface area contributed by atoms with Crippen LogP contribution in [-0.2, 0) is 5.41 Å². The molecule has 10 rings (SSSR count). The second kappa shape index (κ2) is 10.4. The molecule has 0 saturated heterocycles. The predicted molar refractivity (Wildman–Crippen MR) is 204 cm³/mol. The Bertz CT molecular complexity index is 2740. The van der Waals surface area contributed by atoms with E-state index in [0.717, 1.165) is 33.9 Å². The molecular formula is C46H31N3. The first-order chi connectivity index (χ1) is 24.1. The van der Waals surface area contributed by atoms with Crippen LogP contribution in [0.1, 0.15) is 25.0 Å². The highest BCUT2D eigenvalue weighted by Crippen LogP contribution is 2.56. The molecule has 0 bridgehead atoms. The molecule has 1 aliphatic rings. The van der Waals surface area contributed by atoms with E-state index in [0.29, 0.717) is 0 Å². The highest BCUT2D eigenvalue weighted by atomic mass is 14.9. The van der Waals surface area contributed by atoms with E-state index in [1.165, 1.54) is 65.5 Å². The average Bonchev–Trinajstić information content (AvgIpc) is 3.39. The molecule has 230 valence electrons. The third kappa shape index (κ3) is 3.99. The first-order valence-corrected chi connectivity index (χ1v) is 16.9. The van der Waals surface area contributed by atoms with Crippen LogP contribution in [0.3, 0.4) is 0 Å². The maximum absolute atomic E-state index is 5.48. The Morgan fingerprint density at radius 3 is 1.84 bits per heavy atom. The standard InChI is InChI=1S/C46H31N3/c1-46(2)36-23-13-12-22-35(36)44-43(46)42(41-30-17-7-6-14-28(30)24-25-37(41)48-44)40-33-20-10-8-18-31(33)39(32-19-9-11-21-34(32)40)38-26-27-47-45(49-38)29-15-4-3-5-16-29/h3-27H,1-2H3. The second-order valence-corrected chi connectivity index (χ2v) is 13.5. The minimum absolute atomic E-state index is 0.266. The van der Waals surface area contributed by atoms with Crippen molar-refractivity contribution in [2.75, 3.05) is 0 Å². The zero-order chi connectivity index (χ0) is 32.7. The van der Waals surface area contributed by atoms with Crippen LogP contribution < -0.4 is 0 Å². The maximum Gasteiger partial charge on any atom is 0.159 e. The summed E-state index contributed by atoms with van der Waals surface area (Å²) in [6.45, 7) is 4.73. The predicted octanol–water partition coefficient (Wildman–Crippen LogP) is 11.8. The molecule has 0 amide bonds. The van der Waals surface area contributed by atoms with Crippen molar-refractivity contribution in [1.82, 2.24) is 15.0 Å². The smallest absolute Gasteiger partial charge is 0.159 e. The van der Waals surface area contributed by atoms with Crippen molar-refractivity contribution in [1.29, 1.82) is 0 Å². The van der Waals surface area contributed by atoms with Crippen LogP contribution in [-0.4, -0.2) is 15.0 Å². The molecule has 49 heavy (non-hydrogen) atoms. The lowest BCUT2D eigenvalue weighted by Crippen LogP contribution is -2.17. The van der Waals surface area contributed by atoms with Crippen LogP contribution in [0.2, 0.25) is 0 Å². The zero-order valence-electron chi connectivity index (χ0n) is 27.3. The number of pyridine rings is 1. The van der Waals surface area contributed by atoms with Gasteiger partial charge in [0.1, 0.15) is 0 Å². The van der Waals surface area contributed by atoms with E-state index in [-0.39, 0.29) is 5.41 Å². The monoisotopic (exact) mass is 625 g/mol. The van der Waals surface area contributed by atoms with Crippen LogP contribution in [0.25, 0.3) is 88.2 Å². The van der Waals surface area contributed by atoms with Gasteiger partial charge in [0.25, 0.3) is 0 Å². The topological polar surface area (TPSA) is 38.7 Å². The molecule has 1 aliphatic carbocycles. The third-order valence-electron chi connectivity index (χ3n) is 10.5. The van der Waals surface area contributed by atoms with E-state index < -0.39 is 0 Å². The highest BCUT2D eigenvalue weighted by Gasteiger charge is 2.40. The minimum Gasteiger partial charge on any atom is -0.247 e. The summed E-state index contributed by atoms with van der Waals surface area (Å²) in [6, 6.07) is 52.0. The molecule has 0 spiro atoms. The summed E-state index contributed by atoms with van der Waals surface area (Å²) in [6.07, 6.45) is 1.89. The molecule has 0 aliphatic heterocycles. The van der Waals surface area contributed by atoms with Crippen molar-refractivity contribution in [2.45, 2.75) is 19.3 Å². The molecule has 0 saturated carbocycles. The van der Waals surface area contributed by atoms with Gasteiger partial charge in [0.2, 0.25) is 0 Å². The Morgan fingerprint density at radius 1 is 0.490 bits per heavy atom. The molecule has 0 atom stereocenters. The van der Waals surface area contributed by atoms with E-state index in [2.05, 4.69) is 140 Å². The van der Waals surface area contributed by atoms with Crippen molar-refractivity contribution in [3.05, 3.63) is 163 Å². The van der Waals surface area contributed by atoms with Crippen LogP contribution in [0.4, 0.5) is 0 Å². The molecule has 3 nitrogen and oxygen atoms in total. The number of hydrogen-bond acceptors (Lipinski definition) is 3. The van der Waals surface area contributed by atoms with Gasteiger partial charge >= 0.3 is 0 Å². The Kier molecular flexibility index (Phi) is 5.92. The number of nitrogens with zero attached hydrogens (tertiary/aromatic N) is 3. The van der Waals surface area contributed by atoms with Crippen LogP contribution in [0, 0.1) is 0 Å². The van der Waals surface area contributed by atoms with Gasteiger partial charge in [-0.15, -0.1) is 0 Å². The van der Waals surface area contributed by atoms with Gasteiger partial charge in [-0.3, -0.25) is 0 Å². The van der Waals surface area contributed by atoms with Crippen molar-refractivity contribution >= 4 is 43.2 Å². The first kappa shape index (κ1) is 27.9. The van der Waals surface area contributed by atoms with Gasteiger partial charge in [0.05, 0.1) is 16.9 Å². The number of benzene rings is 7. The van der Waals surface area contributed by atoms with E-state index in [1.54, 1.807) is 0 Å². The van der Waals surface area contributed by atoms with Crippen LogP contribution in [0.15, 0.2) is 152 Å². The minimum atomic E-state index is -0.266. The molecule has 7 aromatic carbocycles. The fourth-order valence-corrected chi connectivity index (χ4v) is 8.36. The van der Waals surface area contributed by atoms with Crippen LogP contribution in [0.5, 0.6) is 0 Å². The summed E-state index contributed by atoms with van der Waals surface area (Å²) < 4.78 is 0. The van der Waals surface area contributed by atoms with Crippen molar-refractivity contribution in [3.8, 4) is 45.0 Å². The molecule has 0 fully saturated rings. The van der Waals surface area contributed by atoms with E-state index >= 15 is 0 Å². The molecule has 2 aromatic heterocycles. The van der Waals surface area contributed by atoms with E-state index in [4.69, 9.17) is 9.97 Å². The quantitative estimate of drug-likeness (QED) is 0.145. The van der Waals surface area contributed by atoms with E-state index in [9.17, 15) is 0 Å². The second-order valence-electron chi connectivity index (χ2n) is 13.5. The molecule has 0 radical (unpaired) electrons. The summed E-state index contributed by atoms with van der Waals surface area (Å²) in [4.78, 5) is 15.3. The fraction of sp³-hybridized carbons (Fsp3) is 0.0652. The maximum atomic E-state index is 5.48. The molecular weight excluding hydrogens is 595 g/mol. The molecule has 2 heterocycles. The lowest BCUT2D eigenvalue weighted by molar-refractivity contribution is 0.662. The summed E-state index contributed by atoms with van der Waals surface area (Å²) in [5.74, 6) is 0.722. The number of rotatable bonds is 3. The summed E-state index contributed by atoms with van der Waals surface area (Å²) in [5, 5.41) is 8.37. The Balaban J connectivity index is 1.40. The molecule has 9 aromatic rings. The normalized spacial score (nSPS) is 13.3. The summed E-state index contributed by atoms with van der Waals surface area (Å²) >= 11 is 0. The van der Waals surface area contributed by atoms with Gasteiger partial charge in [-0.25, -0.2) is 15.0 Å². The summed E-state index contributed by atoms with van der Waals surface area (Å²) in [7, 11) is 0. The fourth-order valence-electron chi connectivity index (χ4n) is 8.36. The molecule has 3 heteroatoms. The Hall–Kier alpha value is -6.19. The lowest BCUT2D eigenvalue weighted by Gasteiger charge is -2.27.